The van der Waals surface area contributed by atoms with Crippen molar-refractivity contribution >= 4 is 32.0 Å². The van der Waals surface area contributed by atoms with Crippen molar-refractivity contribution in [3.05, 3.63) is 59.2 Å². The van der Waals surface area contributed by atoms with Gasteiger partial charge in [0.15, 0.2) is 0 Å². The number of aliphatic imine (C=N–C) groups is 1. The molecule has 0 aliphatic carbocycles. The molecule has 2 aromatic rings. The monoisotopic (exact) mass is 347 g/mol. The molecule has 1 N–H and O–H groups in total. The van der Waals surface area contributed by atoms with Crippen LogP contribution in [-0.4, -0.2) is 11.3 Å². The Labute approximate surface area is 134 Å². The van der Waals surface area contributed by atoms with Gasteiger partial charge < -0.3 is 5.11 Å². The molecule has 2 aromatic carbocycles. The Morgan fingerprint density at radius 3 is 2.25 bits per heavy atom. The number of hydrogen-bond donors (Lipinski definition) is 1. The number of benzene rings is 2. The summed E-state index contributed by atoms with van der Waals surface area (Å²) in [6.07, 6.45) is 1.70. The molecular weight excluding hydrogens is 333 g/mol. The third-order valence-corrected chi connectivity index (χ3v) is 2.73. The molecule has 0 bridgehead atoms. The van der Waals surface area contributed by atoms with Crippen molar-refractivity contribution in [1.82, 2.24) is 0 Å². The Morgan fingerprint density at radius 2 is 1.60 bits per heavy atom. The number of rotatable bonds is 2. The van der Waals surface area contributed by atoms with E-state index in [0.717, 1.165) is 22.4 Å². The van der Waals surface area contributed by atoms with Gasteiger partial charge in [-0.05, 0) is 37.1 Å². The van der Waals surface area contributed by atoms with Crippen molar-refractivity contribution in [3.63, 3.8) is 0 Å². The van der Waals surface area contributed by atoms with Crippen LogP contribution in [0.2, 0.25) is 0 Å². The van der Waals surface area contributed by atoms with Gasteiger partial charge in [0.1, 0.15) is 5.75 Å². The van der Waals surface area contributed by atoms with Gasteiger partial charge in [-0.1, -0.05) is 30.3 Å². The molecule has 0 radical (unpaired) electrons. The molecule has 0 spiro atoms. The van der Waals surface area contributed by atoms with Crippen molar-refractivity contribution < 1.29 is 18.5 Å². The van der Waals surface area contributed by atoms with Crippen LogP contribution in [0.5, 0.6) is 5.75 Å². The molecule has 0 saturated heterocycles. The number of phenols is 1. The zero-order valence-corrected chi connectivity index (χ0v) is 14.0. The van der Waals surface area contributed by atoms with Crippen LogP contribution in [0, 0.1) is 13.8 Å². The first-order chi connectivity index (χ1) is 9.60. The first-order valence-corrected chi connectivity index (χ1v) is 9.38. The van der Waals surface area contributed by atoms with E-state index in [1.807, 2.05) is 56.3 Å². The first kappa shape index (κ1) is 17.1. The summed E-state index contributed by atoms with van der Waals surface area (Å²) in [7, 11) is 9.65. The molecular formula is C15H15Cl2CrNO. The Hall–Kier alpha value is -0.978. The fourth-order valence-electron chi connectivity index (χ4n) is 1.63. The minimum atomic E-state index is -0.181. The SMILES string of the molecule is Cc1ccccc1N=Cc1cccc(C)c1O.[Cl][Cr][Cl]. The normalized spacial score (nSPS) is 10.2. The van der Waals surface area contributed by atoms with Gasteiger partial charge in [0.25, 0.3) is 0 Å². The molecule has 0 heterocycles. The minimum absolute atomic E-state index is 0.181. The second-order valence-corrected chi connectivity index (χ2v) is 6.22. The standard InChI is InChI=1S/C15H15NO.2ClH.Cr/c1-11-6-3-4-9-14(11)16-10-13-8-5-7-12(2)15(13)17;;;/h3-10,17H,1-2H3;2*1H;/q;;;+2/p-2. The van der Waals surface area contributed by atoms with Gasteiger partial charge in [-0.3, -0.25) is 4.99 Å². The Bertz CT molecular complexity index is 588. The van der Waals surface area contributed by atoms with Crippen LogP contribution in [0.4, 0.5) is 5.69 Å². The summed E-state index contributed by atoms with van der Waals surface area (Å²) >= 11 is -0.181. The summed E-state index contributed by atoms with van der Waals surface area (Å²) < 4.78 is 0. The zero-order valence-electron chi connectivity index (χ0n) is 11.2. The van der Waals surface area contributed by atoms with Gasteiger partial charge in [-0.2, -0.15) is 0 Å². The summed E-state index contributed by atoms with van der Waals surface area (Å²) in [5, 5.41) is 9.85. The van der Waals surface area contributed by atoms with Crippen molar-refractivity contribution in [2.45, 2.75) is 13.8 Å². The number of para-hydroxylation sites is 2. The van der Waals surface area contributed by atoms with Gasteiger partial charge in [0, 0.05) is 11.8 Å². The number of halogens is 2. The molecule has 0 atom stereocenters. The summed E-state index contributed by atoms with van der Waals surface area (Å²) in [5.74, 6) is 0.296. The van der Waals surface area contributed by atoms with Crippen LogP contribution in [0.15, 0.2) is 47.5 Å². The van der Waals surface area contributed by atoms with E-state index in [1.54, 1.807) is 6.21 Å². The maximum atomic E-state index is 9.85. The molecule has 5 heteroatoms. The molecule has 20 heavy (non-hydrogen) atoms. The number of hydrogen-bond acceptors (Lipinski definition) is 2. The topological polar surface area (TPSA) is 32.6 Å². The van der Waals surface area contributed by atoms with E-state index in [-0.39, 0.29) is 13.4 Å². The second-order valence-electron chi connectivity index (χ2n) is 4.12. The van der Waals surface area contributed by atoms with Crippen molar-refractivity contribution in [2.24, 2.45) is 4.99 Å². The van der Waals surface area contributed by atoms with E-state index in [9.17, 15) is 5.11 Å². The molecule has 0 aliphatic rings. The van der Waals surface area contributed by atoms with E-state index in [0.29, 0.717) is 5.75 Å². The second kappa shape index (κ2) is 9.05. The summed E-state index contributed by atoms with van der Waals surface area (Å²) in [5.41, 5.74) is 3.65. The summed E-state index contributed by atoms with van der Waals surface area (Å²) in [4.78, 5) is 4.39. The van der Waals surface area contributed by atoms with Crippen LogP contribution in [-0.2, 0) is 13.4 Å². The molecule has 0 aromatic heterocycles. The number of nitrogens with zero attached hydrogens (tertiary/aromatic N) is 1. The number of phenolic OH excluding ortho intramolecular Hbond substituents is 1. The first-order valence-electron chi connectivity index (χ1n) is 5.87. The fraction of sp³-hybridized carbons (Fsp3) is 0.133. The van der Waals surface area contributed by atoms with Gasteiger partial charge >= 0.3 is 33.5 Å². The van der Waals surface area contributed by atoms with Crippen LogP contribution in [0.3, 0.4) is 0 Å². The summed E-state index contributed by atoms with van der Waals surface area (Å²) in [6, 6.07) is 13.6. The van der Waals surface area contributed by atoms with E-state index < -0.39 is 0 Å². The molecule has 0 unspecified atom stereocenters. The fourth-order valence-corrected chi connectivity index (χ4v) is 1.63. The molecule has 0 aliphatic heterocycles. The Morgan fingerprint density at radius 1 is 1.00 bits per heavy atom. The van der Waals surface area contributed by atoms with Crippen molar-refractivity contribution in [2.75, 3.05) is 0 Å². The van der Waals surface area contributed by atoms with Gasteiger partial charge in [-0.15, -0.1) is 0 Å². The zero-order chi connectivity index (χ0) is 15.0. The van der Waals surface area contributed by atoms with E-state index in [2.05, 4.69) is 4.99 Å². The predicted octanol–water partition coefficient (Wildman–Crippen LogP) is 5.14. The molecule has 0 amide bonds. The third-order valence-electron chi connectivity index (χ3n) is 2.73. The maximum absolute atomic E-state index is 9.85. The van der Waals surface area contributed by atoms with Gasteiger partial charge in [0.05, 0.1) is 5.69 Å². The van der Waals surface area contributed by atoms with E-state index in [4.69, 9.17) is 20.1 Å². The van der Waals surface area contributed by atoms with Crippen LogP contribution in [0.1, 0.15) is 16.7 Å². The molecule has 0 saturated carbocycles. The van der Waals surface area contributed by atoms with E-state index >= 15 is 0 Å². The van der Waals surface area contributed by atoms with Crippen molar-refractivity contribution in [1.29, 1.82) is 0 Å². The third kappa shape index (κ3) is 5.19. The number of aromatic hydroxyl groups is 1. The summed E-state index contributed by atoms with van der Waals surface area (Å²) in [6.45, 7) is 3.89. The molecule has 0 fully saturated rings. The molecule has 2 rings (SSSR count). The van der Waals surface area contributed by atoms with Crippen molar-refractivity contribution in [3.8, 4) is 5.75 Å². The quantitative estimate of drug-likeness (QED) is 0.750. The average Bonchev–Trinajstić information content (AvgIpc) is 2.43. The number of aryl methyl sites for hydroxylation is 2. The van der Waals surface area contributed by atoms with Crippen LogP contribution >= 0.6 is 20.1 Å². The predicted molar refractivity (Wildman–Crippen MR) is 83.0 cm³/mol. The Balaban J connectivity index is 0.000000612. The average molecular weight is 348 g/mol. The molecule has 106 valence electrons. The van der Waals surface area contributed by atoms with Crippen LogP contribution in [0.25, 0.3) is 0 Å². The van der Waals surface area contributed by atoms with E-state index in [1.165, 1.54) is 0 Å². The van der Waals surface area contributed by atoms with Gasteiger partial charge in [-0.25, -0.2) is 0 Å². The Kier molecular flexibility index (Phi) is 7.73. The van der Waals surface area contributed by atoms with Crippen LogP contribution < -0.4 is 0 Å². The van der Waals surface area contributed by atoms with Gasteiger partial charge in [0.2, 0.25) is 0 Å². The molecule has 2 nitrogen and oxygen atoms in total.